The number of fused-ring (bicyclic) bond motifs is 3. The number of carbonyl (C=O) groups excluding carboxylic acids is 1. The van der Waals surface area contributed by atoms with Gasteiger partial charge in [0.25, 0.3) is 0 Å². The molecular weight excluding hydrogens is 839 g/mol. The van der Waals surface area contributed by atoms with Crippen LogP contribution >= 0.6 is 11.3 Å². The third-order valence-corrected chi connectivity index (χ3v) is 12.7. The van der Waals surface area contributed by atoms with E-state index in [9.17, 15) is 9.90 Å². The Balaban J connectivity index is 0.000000289. The van der Waals surface area contributed by atoms with Gasteiger partial charge in [0.15, 0.2) is 5.78 Å². The van der Waals surface area contributed by atoms with Gasteiger partial charge in [-0.3, -0.25) is 9.78 Å². The van der Waals surface area contributed by atoms with Crippen LogP contribution in [-0.2, 0) is 30.3 Å². The van der Waals surface area contributed by atoms with E-state index in [4.69, 9.17) is 9.40 Å². The summed E-state index contributed by atoms with van der Waals surface area (Å²) in [7, 11) is 0. The molecule has 0 aliphatic carbocycles. The van der Waals surface area contributed by atoms with E-state index in [1.807, 2.05) is 71.4 Å². The van der Waals surface area contributed by atoms with Crippen LogP contribution in [0.15, 0.2) is 83.3 Å². The van der Waals surface area contributed by atoms with Crippen molar-refractivity contribution in [1.29, 1.82) is 0 Å². The number of benzene rings is 3. The molecule has 0 bridgehead atoms. The number of ketones is 1. The smallest absolute Gasteiger partial charge is 0.164 e. The second-order valence-electron chi connectivity index (χ2n) is 15.5. The van der Waals surface area contributed by atoms with E-state index >= 15 is 0 Å². The molecule has 0 aliphatic heterocycles. The predicted octanol–water partition coefficient (Wildman–Crippen LogP) is 13.9. The van der Waals surface area contributed by atoms with Crippen LogP contribution in [0.3, 0.4) is 0 Å². The number of allylic oxidation sites excluding steroid dienone is 2. The van der Waals surface area contributed by atoms with Crippen LogP contribution in [0.1, 0.15) is 105 Å². The molecule has 0 spiro atoms. The Hall–Kier alpha value is -3.57. The summed E-state index contributed by atoms with van der Waals surface area (Å²) in [6.45, 7) is 23.2. The van der Waals surface area contributed by atoms with Gasteiger partial charge in [-0.1, -0.05) is 104 Å². The van der Waals surface area contributed by atoms with Crippen molar-refractivity contribution in [3.8, 4) is 21.7 Å². The van der Waals surface area contributed by atoms with Crippen molar-refractivity contribution in [3.05, 3.63) is 102 Å². The summed E-state index contributed by atoms with van der Waals surface area (Å²) in [5.74, 6) is 0.286. The monoisotopic (exact) mass is 893 g/mol. The van der Waals surface area contributed by atoms with Crippen LogP contribution in [0.4, 0.5) is 0 Å². The van der Waals surface area contributed by atoms with E-state index in [-0.39, 0.29) is 47.9 Å². The third-order valence-electron chi connectivity index (χ3n) is 11.3. The molecule has 0 atom stereocenters. The fourth-order valence-electron chi connectivity index (χ4n) is 6.69. The largest absolute Gasteiger partial charge is 0.512 e. The summed E-state index contributed by atoms with van der Waals surface area (Å²) >= 11 is 1.82. The van der Waals surface area contributed by atoms with Crippen molar-refractivity contribution < 1.29 is 34.4 Å². The summed E-state index contributed by atoms with van der Waals surface area (Å²) in [5.41, 5.74) is 7.41. The molecule has 0 aliphatic rings. The van der Waals surface area contributed by atoms with Gasteiger partial charge in [-0.05, 0) is 73.6 Å². The number of hydrogen-bond acceptors (Lipinski definition) is 5. The molecule has 1 N–H and O–H groups in total. The van der Waals surface area contributed by atoms with E-state index in [2.05, 4.69) is 89.2 Å². The first-order chi connectivity index (χ1) is 24.1. The number of furan rings is 1. The van der Waals surface area contributed by atoms with Crippen LogP contribution in [0.2, 0.25) is 0 Å². The summed E-state index contributed by atoms with van der Waals surface area (Å²) < 4.78 is 7.00. The molecule has 1 radical (unpaired) electrons. The average molecular weight is 893 g/mol. The normalized spacial score (nSPS) is 12.6. The van der Waals surface area contributed by atoms with Gasteiger partial charge >= 0.3 is 0 Å². The third kappa shape index (κ3) is 7.86. The molecule has 0 fully saturated rings. The average Bonchev–Trinajstić information content (AvgIpc) is 3.69. The Bertz CT molecular complexity index is 2220. The minimum Gasteiger partial charge on any atom is -0.512 e. The molecule has 6 rings (SSSR count). The molecular formula is C46H54IrNO3S-. The number of aromatic nitrogens is 1. The number of hydrogen-bond donors (Lipinski definition) is 1. The van der Waals surface area contributed by atoms with E-state index in [0.29, 0.717) is 0 Å². The quantitative estimate of drug-likeness (QED) is 0.0892. The van der Waals surface area contributed by atoms with Crippen molar-refractivity contribution in [1.82, 2.24) is 4.98 Å². The number of thiophene rings is 1. The Kier molecular flexibility index (Phi) is 12.8. The number of aliphatic hydroxyl groups excluding tert-OH is 1. The molecule has 6 aromatic rings. The second kappa shape index (κ2) is 16.2. The maximum Gasteiger partial charge on any atom is 0.164 e. The summed E-state index contributed by atoms with van der Waals surface area (Å²) in [4.78, 5) is 18.3. The van der Waals surface area contributed by atoms with Gasteiger partial charge in [0.1, 0.15) is 11.3 Å². The molecule has 0 unspecified atom stereocenters. The van der Waals surface area contributed by atoms with Gasteiger partial charge in [0, 0.05) is 69.4 Å². The molecule has 3 aromatic heterocycles. The molecule has 0 saturated carbocycles. The second-order valence-corrected chi connectivity index (χ2v) is 16.5. The van der Waals surface area contributed by atoms with Crippen LogP contribution in [0, 0.1) is 30.7 Å². The number of pyridine rings is 1. The van der Waals surface area contributed by atoms with Crippen molar-refractivity contribution >= 4 is 48.9 Å². The Morgan fingerprint density at radius 1 is 0.885 bits per heavy atom. The van der Waals surface area contributed by atoms with E-state index in [1.165, 1.54) is 54.1 Å². The van der Waals surface area contributed by atoms with Gasteiger partial charge in [-0.2, -0.15) is 0 Å². The number of rotatable bonds is 9. The van der Waals surface area contributed by atoms with Crippen LogP contribution < -0.4 is 0 Å². The van der Waals surface area contributed by atoms with Crippen LogP contribution in [0.5, 0.6) is 0 Å². The van der Waals surface area contributed by atoms with Crippen LogP contribution in [0.25, 0.3) is 53.5 Å². The van der Waals surface area contributed by atoms with Gasteiger partial charge in [0.05, 0.1) is 6.26 Å². The first-order valence-electron chi connectivity index (χ1n) is 18.4. The van der Waals surface area contributed by atoms with E-state index < -0.39 is 0 Å². The first-order valence-corrected chi connectivity index (χ1v) is 19.2. The van der Waals surface area contributed by atoms with Crippen molar-refractivity contribution in [2.24, 2.45) is 10.8 Å². The molecule has 277 valence electrons. The van der Waals surface area contributed by atoms with Gasteiger partial charge < -0.3 is 9.52 Å². The molecule has 4 nitrogen and oxygen atoms in total. The van der Waals surface area contributed by atoms with Crippen molar-refractivity contribution in [2.75, 3.05) is 0 Å². The Labute approximate surface area is 328 Å². The van der Waals surface area contributed by atoms with Crippen LogP contribution in [-0.4, -0.2) is 15.9 Å². The topological polar surface area (TPSA) is 63.3 Å². The number of nitrogens with zero attached hydrogens (tertiary/aromatic N) is 1. The SMILES string of the molecule is CCC(C)(CC)C(=O)/C=C(\O)C(C)(CC)CC.Cc1c(-c2cccc3occ(C)c23)sc2c(-c3[c-]c4ccccc4c(C(C)(C)C)c3)nccc12.[Ir]. The fraction of sp³-hybridized carbons (Fsp3) is 0.391. The molecule has 3 aromatic carbocycles. The summed E-state index contributed by atoms with van der Waals surface area (Å²) in [6.07, 6.45) is 8.54. The minimum atomic E-state index is -0.337. The maximum atomic E-state index is 12.2. The maximum absolute atomic E-state index is 12.2. The zero-order chi connectivity index (χ0) is 37.3. The van der Waals surface area contributed by atoms with E-state index in [1.54, 1.807) is 0 Å². The van der Waals surface area contributed by atoms with Gasteiger partial charge in [-0.15, -0.1) is 40.5 Å². The Morgan fingerprint density at radius 2 is 1.54 bits per heavy atom. The number of carbonyl (C=O) groups is 1. The summed E-state index contributed by atoms with van der Waals surface area (Å²) in [6, 6.07) is 23.0. The van der Waals surface area contributed by atoms with Gasteiger partial charge in [0.2, 0.25) is 0 Å². The zero-order valence-electron chi connectivity index (χ0n) is 32.7. The molecule has 52 heavy (non-hydrogen) atoms. The molecule has 0 amide bonds. The van der Waals surface area contributed by atoms with E-state index in [0.717, 1.165) is 47.9 Å². The minimum absolute atomic E-state index is 0. The zero-order valence-corrected chi connectivity index (χ0v) is 35.9. The summed E-state index contributed by atoms with van der Waals surface area (Å²) in [5, 5.41) is 15.0. The first kappa shape index (κ1) is 41.2. The van der Waals surface area contributed by atoms with Gasteiger partial charge in [-0.25, -0.2) is 0 Å². The van der Waals surface area contributed by atoms with Crippen molar-refractivity contribution in [2.45, 2.75) is 107 Å². The molecule has 6 heteroatoms. The predicted molar refractivity (Wildman–Crippen MR) is 218 cm³/mol. The fourth-order valence-corrected chi connectivity index (χ4v) is 8.03. The molecule has 3 heterocycles. The Morgan fingerprint density at radius 3 is 2.17 bits per heavy atom. The standard InChI is InChI=1S/C31H26NOS.C15H28O2.Ir/c1-18-17-33-26-12-8-11-24(27(18)26)29-19(2)22-13-14-32-28(30(22)34-29)21-15-20-9-6-7-10-23(20)25(16-21)31(3,4)5;1-7-14(5,8-2)12(16)11-13(17)15(6,9-3)10-4;/h6-14,16-17H,1-5H3;11,16H,7-10H2,1-6H3;/q-1;;/b;12-11-;. The van der Waals surface area contributed by atoms with Crippen molar-refractivity contribution in [3.63, 3.8) is 0 Å². The number of aliphatic hydroxyl groups is 1. The molecule has 0 saturated heterocycles. The number of aryl methyl sites for hydroxylation is 2.